The molecule has 0 aliphatic rings. The van der Waals surface area contributed by atoms with Crippen molar-refractivity contribution in [3.05, 3.63) is 0 Å². The molecule has 0 rings (SSSR count). The average Bonchev–Trinajstić information content (AvgIpc) is 2.01. The van der Waals surface area contributed by atoms with Gasteiger partial charge in [-0.25, -0.2) is 0 Å². The Morgan fingerprint density at radius 1 is 1.08 bits per heavy atom. The third-order valence-corrected chi connectivity index (χ3v) is 1.40. The van der Waals surface area contributed by atoms with E-state index >= 15 is 0 Å². The first kappa shape index (κ1) is 19.9. The second-order valence-electron chi connectivity index (χ2n) is 1.93. The summed E-state index contributed by atoms with van der Waals surface area (Å²) in [6.45, 7) is 1.62. The zero-order valence-electron chi connectivity index (χ0n) is 6.93. The summed E-state index contributed by atoms with van der Waals surface area (Å²) in [7, 11) is 0. The maximum atomic E-state index is 10.8. The molecule has 0 saturated heterocycles. The number of hydrogen-bond acceptors (Lipinski definition) is 4. The summed E-state index contributed by atoms with van der Waals surface area (Å²) < 4.78 is 0. The second kappa shape index (κ2) is 15.9. The Kier molecular flexibility index (Phi) is 24.3. The summed E-state index contributed by atoms with van der Waals surface area (Å²) in [5.74, 6) is 1.18. The van der Waals surface area contributed by atoms with Gasteiger partial charge in [0.15, 0.2) is 0 Å². The van der Waals surface area contributed by atoms with Crippen molar-refractivity contribution in [2.24, 2.45) is 0 Å². The van der Waals surface area contributed by atoms with Crippen LogP contribution in [0.2, 0.25) is 0 Å². The molecule has 0 saturated carbocycles. The fourth-order valence-corrected chi connectivity index (χ4v) is 0.773. The zero-order valence-corrected chi connectivity index (χ0v) is 13.4. The third-order valence-electron chi connectivity index (χ3n) is 0.989. The molecule has 0 aliphatic carbocycles. The van der Waals surface area contributed by atoms with Gasteiger partial charge in [-0.2, -0.15) is 11.5 Å². The van der Waals surface area contributed by atoms with Gasteiger partial charge < -0.3 is 35.9 Å². The van der Waals surface area contributed by atoms with Crippen molar-refractivity contribution < 1.29 is 45.0 Å². The number of carbonyl (C=O) groups is 1. The van der Waals surface area contributed by atoms with Gasteiger partial charge in [-0.05, 0) is 13.1 Å². The fourth-order valence-electron chi connectivity index (χ4n) is 0.527. The van der Waals surface area contributed by atoms with Crippen LogP contribution in [0.3, 0.4) is 0 Å². The van der Waals surface area contributed by atoms with Gasteiger partial charge in [-0.15, -0.1) is 0 Å². The Hall–Kier alpha value is 1.43. The normalized spacial score (nSPS) is 8.15. The van der Waals surface area contributed by atoms with Crippen LogP contribution in [0, 0.1) is 0 Å². The van der Waals surface area contributed by atoms with E-state index in [-0.39, 0.29) is 46.1 Å². The van der Waals surface area contributed by atoms with Gasteiger partial charge in [0.1, 0.15) is 0 Å². The molecule has 84 valence electrons. The van der Waals surface area contributed by atoms with E-state index < -0.39 is 0 Å². The molecule has 2 N–H and O–H groups in total. The summed E-state index contributed by atoms with van der Waals surface area (Å²) in [5, 5.41) is 5.55. The van der Waals surface area contributed by atoms with Crippen LogP contribution in [0.25, 0.3) is 0 Å². The molecule has 3 nitrogen and oxygen atoms in total. The summed E-state index contributed by atoms with van der Waals surface area (Å²) in [6.07, 6.45) is 0. The molecule has 0 bridgehead atoms. The molecule has 0 unspecified atom stereocenters. The van der Waals surface area contributed by atoms with Crippen LogP contribution in [0.15, 0.2) is 0 Å². The summed E-state index contributed by atoms with van der Waals surface area (Å²) in [6, 6.07) is 0. The van der Waals surface area contributed by atoms with Crippen molar-refractivity contribution in [3.63, 3.8) is 0 Å². The van der Waals surface area contributed by atoms with Crippen LogP contribution >= 0.6 is 0 Å². The molecule has 0 aromatic heterocycles. The van der Waals surface area contributed by atoms with Gasteiger partial charge in [0, 0.05) is 40.2 Å². The minimum Gasteiger partial charge on any atom is -0.791 e. The summed E-state index contributed by atoms with van der Waals surface area (Å²) in [4.78, 5) is 10.8. The van der Waals surface area contributed by atoms with E-state index in [9.17, 15) is 4.79 Å². The van der Waals surface area contributed by atoms with Gasteiger partial charge in [0.05, 0.1) is 6.54 Å². The van der Waals surface area contributed by atoms with E-state index in [1.807, 2.05) is 0 Å². The van der Waals surface area contributed by atoms with Gasteiger partial charge in [0.25, 0.3) is 0 Å². The monoisotopic (exact) mass is 578 g/mol. The second-order valence-corrected chi connectivity index (χ2v) is 2.75. The molecule has 13 heavy (non-hydrogen) atoms. The SMILES string of the molecule is O=C(CNCC[S-])NCC[S-].[Ir].[Ir]. The van der Waals surface area contributed by atoms with Crippen molar-refractivity contribution in [1.29, 1.82) is 0 Å². The molecule has 0 aromatic rings. The number of amides is 1. The quantitative estimate of drug-likeness (QED) is 0.308. The van der Waals surface area contributed by atoms with Crippen molar-refractivity contribution in [2.75, 3.05) is 31.1 Å². The zero-order chi connectivity index (χ0) is 8.53. The first-order valence-corrected chi connectivity index (χ1v) is 4.60. The van der Waals surface area contributed by atoms with Crippen molar-refractivity contribution >= 4 is 31.2 Å². The fraction of sp³-hybridized carbons (Fsp3) is 0.833. The average molecular weight is 577 g/mol. The smallest absolute Gasteiger partial charge is 0.233 e. The summed E-state index contributed by atoms with van der Waals surface area (Å²) in [5.41, 5.74) is 0. The van der Waals surface area contributed by atoms with Gasteiger partial charge >= 0.3 is 0 Å². The number of hydrogen-bond donors (Lipinski definition) is 2. The Bertz CT molecular complexity index is 119. The Morgan fingerprint density at radius 3 is 2.08 bits per heavy atom. The molecular weight excluding hydrogens is 565 g/mol. The van der Waals surface area contributed by atoms with Crippen LogP contribution in [0.1, 0.15) is 0 Å². The predicted molar refractivity (Wildman–Crippen MR) is 50.3 cm³/mol. The molecule has 0 atom stereocenters. The van der Waals surface area contributed by atoms with E-state index in [0.29, 0.717) is 31.1 Å². The molecule has 7 heteroatoms. The Balaban J connectivity index is -0.000000500. The van der Waals surface area contributed by atoms with Crippen LogP contribution in [-0.4, -0.2) is 37.0 Å². The standard InChI is InChI=1S/C6H14N2OS2.2Ir/c9-6(8-2-4-11)5-7-1-3-10;;/h7,10-11H,1-5H2,(H,8,9);;/p-2. The molecule has 2 radical (unpaired) electrons. The van der Waals surface area contributed by atoms with Crippen LogP contribution in [0.4, 0.5) is 0 Å². The van der Waals surface area contributed by atoms with Crippen LogP contribution in [0.5, 0.6) is 0 Å². The molecule has 0 aliphatic heterocycles. The minimum absolute atomic E-state index is 0. The summed E-state index contributed by atoms with van der Waals surface area (Å²) >= 11 is 9.33. The van der Waals surface area contributed by atoms with E-state index in [2.05, 4.69) is 35.9 Å². The Labute approximate surface area is 117 Å². The predicted octanol–water partition coefficient (Wildman–Crippen LogP) is -1.22. The molecule has 0 heterocycles. The number of rotatable bonds is 6. The van der Waals surface area contributed by atoms with Crippen molar-refractivity contribution in [2.45, 2.75) is 0 Å². The maximum Gasteiger partial charge on any atom is 0.233 e. The van der Waals surface area contributed by atoms with Crippen molar-refractivity contribution in [3.8, 4) is 0 Å². The molecular formula is C6H12Ir2N2OS2-2. The first-order chi connectivity index (χ1) is 5.31. The van der Waals surface area contributed by atoms with E-state index in [1.165, 1.54) is 0 Å². The molecule has 1 amide bonds. The van der Waals surface area contributed by atoms with E-state index in [0.717, 1.165) is 0 Å². The van der Waals surface area contributed by atoms with Gasteiger partial charge in [-0.3, -0.25) is 4.79 Å². The van der Waals surface area contributed by atoms with Gasteiger partial charge in [0.2, 0.25) is 5.91 Å². The molecule has 0 aromatic carbocycles. The van der Waals surface area contributed by atoms with Crippen molar-refractivity contribution in [1.82, 2.24) is 10.6 Å². The van der Waals surface area contributed by atoms with Crippen LogP contribution < -0.4 is 10.6 Å². The first-order valence-electron chi connectivity index (χ1n) is 3.45. The van der Waals surface area contributed by atoms with E-state index in [1.54, 1.807) is 0 Å². The largest absolute Gasteiger partial charge is 0.791 e. The Morgan fingerprint density at radius 2 is 1.62 bits per heavy atom. The maximum absolute atomic E-state index is 10.8. The van der Waals surface area contributed by atoms with E-state index in [4.69, 9.17) is 0 Å². The van der Waals surface area contributed by atoms with Crippen LogP contribution in [-0.2, 0) is 70.3 Å². The number of nitrogens with one attached hydrogen (secondary N) is 2. The third kappa shape index (κ3) is 16.1. The number of carbonyl (C=O) groups excluding carboxylic acids is 1. The molecule has 0 fully saturated rings. The van der Waals surface area contributed by atoms with Gasteiger partial charge in [-0.1, -0.05) is 0 Å². The molecule has 0 spiro atoms. The minimum atomic E-state index is -0.0155. The topological polar surface area (TPSA) is 41.1 Å².